The molecule has 4 rings (SSSR count). The maximum atomic E-state index is 13.8. The van der Waals surface area contributed by atoms with Crippen molar-refractivity contribution in [2.24, 2.45) is 0 Å². The fraction of sp³-hybridized carbons (Fsp3) is 0.208. The minimum atomic E-state index is -1.56. The average molecular weight is 452 g/mol. The molecule has 0 aromatic heterocycles. The van der Waals surface area contributed by atoms with Gasteiger partial charge in [-0.25, -0.2) is 4.79 Å². The number of nitrogens with one attached hydrogen (secondary N) is 1. The Balaban J connectivity index is 1.34. The van der Waals surface area contributed by atoms with Crippen molar-refractivity contribution in [1.82, 2.24) is 5.32 Å². The number of hydrogen-bond acceptors (Lipinski definition) is 6. The largest absolute Gasteiger partial charge is 0.449 e. The Morgan fingerprint density at radius 2 is 1.67 bits per heavy atom. The molecule has 0 aliphatic heterocycles. The number of amides is 1. The average Bonchev–Trinajstić information content (AvgIpc) is 3.14. The molecule has 0 fully saturated rings. The first-order valence-electron chi connectivity index (χ1n) is 10.3. The smallest absolute Gasteiger partial charge is 0.407 e. The highest BCUT2D eigenvalue weighted by Gasteiger charge is 2.29. The van der Waals surface area contributed by atoms with E-state index in [1.807, 2.05) is 48.5 Å². The number of nitrogens with zero attached hydrogens (tertiary/aromatic N) is 1. The summed E-state index contributed by atoms with van der Waals surface area (Å²) in [7, 11) is 0. The Morgan fingerprint density at radius 1 is 1.06 bits per heavy atom. The number of hydrogen-bond donors (Lipinski definition) is 3. The van der Waals surface area contributed by atoms with E-state index in [0.717, 1.165) is 40.5 Å². The van der Waals surface area contributed by atoms with Gasteiger partial charge >= 0.3 is 11.8 Å². The molecule has 3 aromatic rings. The molecule has 3 aromatic carbocycles. The normalized spacial score (nSPS) is 14.2. The summed E-state index contributed by atoms with van der Waals surface area (Å²) in [5.74, 6) is -1.25. The van der Waals surface area contributed by atoms with Gasteiger partial charge in [0.15, 0.2) is 0 Å². The maximum absolute atomic E-state index is 13.8. The first kappa shape index (κ1) is 22.4. The summed E-state index contributed by atoms with van der Waals surface area (Å²) in [6.45, 7) is -0.275. The predicted octanol–water partition coefficient (Wildman–Crippen LogP) is 3.67. The van der Waals surface area contributed by atoms with Crippen molar-refractivity contribution in [1.29, 1.82) is 0 Å². The zero-order valence-corrected chi connectivity index (χ0v) is 17.3. The van der Waals surface area contributed by atoms with Gasteiger partial charge in [-0.1, -0.05) is 48.5 Å². The molecule has 0 saturated carbocycles. The summed E-state index contributed by atoms with van der Waals surface area (Å²) in [5, 5.41) is 33.4. The van der Waals surface area contributed by atoms with Crippen LogP contribution in [-0.2, 0) is 4.74 Å². The van der Waals surface area contributed by atoms with Crippen LogP contribution in [0.2, 0.25) is 0 Å². The molecule has 0 spiro atoms. The molecular weight excluding hydrogens is 431 g/mol. The number of benzene rings is 3. The minimum absolute atomic E-state index is 0.0556. The molecule has 1 amide bonds. The second-order valence-electron chi connectivity index (χ2n) is 7.69. The lowest BCUT2D eigenvalue weighted by Crippen LogP contribution is -2.36. The lowest BCUT2D eigenvalue weighted by molar-refractivity contribution is -0.387. The Labute approximate surface area is 188 Å². The molecule has 2 atom stereocenters. The zero-order valence-electron chi connectivity index (χ0n) is 17.3. The van der Waals surface area contributed by atoms with Crippen molar-refractivity contribution in [2.45, 2.75) is 18.1 Å². The van der Waals surface area contributed by atoms with Gasteiger partial charge in [-0.3, -0.25) is 10.1 Å². The summed E-state index contributed by atoms with van der Waals surface area (Å²) in [4.78, 5) is 22.0. The molecule has 0 bridgehead atoms. The van der Waals surface area contributed by atoms with Crippen LogP contribution in [0.3, 0.4) is 0 Å². The van der Waals surface area contributed by atoms with Gasteiger partial charge < -0.3 is 20.3 Å². The standard InChI is InChI=1S/C24H21FN2O6/c25-20-11-14(9-10-21(20)27(31)32)23(29)22(28)12-26-24(30)33-13-19-17-7-3-1-5-15(17)16-6-2-4-8-18(16)19/h1-11,19,22-23,28-29H,12-13H2,(H,26,30). The Morgan fingerprint density at radius 3 is 2.24 bits per heavy atom. The van der Waals surface area contributed by atoms with Crippen LogP contribution in [0, 0.1) is 15.9 Å². The fourth-order valence-electron chi connectivity index (χ4n) is 4.03. The monoisotopic (exact) mass is 452 g/mol. The number of aliphatic hydroxyl groups excluding tert-OH is 2. The fourth-order valence-corrected chi connectivity index (χ4v) is 4.03. The van der Waals surface area contributed by atoms with Crippen molar-refractivity contribution in [2.75, 3.05) is 13.2 Å². The number of alkyl carbamates (subject to hydrolysis) is 1. The molecule has 3 N–H and O–H groups in total. The van der Waals surface area contributed by atoms with Crippen LogP contribution in [0.1, 0.15) is 28.7 Å². The third-order valence-corrected chi connectivity index (χ3v) is 5.67. The van der Waals surface area contributed by atoms with E-state index in [1.165, 1.54) is 0 Å². The third-order valence-electron chi connectivity index (χ3n) is 5.67. The second kappa shape index (κ2) is 9.35. The van der Waals surface area contributed by atoms with Crippen LogP contribution in [0.5, 0.6) is 0 Å². The molecule has 9 heteroatoms. The first-order valence-corrected chi connectivity index (χ1v) is 10.3. The first-order chi connectivity index (χ1) is 15.9. The highest BCUT2D eigenvalue weighted by atomic mass is 19.1. The molecule has 1 aliphatic rings. The topological polar surface area (TPSA) is 122 Å². The van der Waals surface area contributed by atoms with Crippen LogP contribution in [0.4, 0.5) is 14.9 Å². The van der Waals surface area contributed by atoms with Crippen molar-refractivity contribution in [3.8, 4) is 11.1 Å². The van der Waals surface area contributed by atoms with E-state index >= 15 is 0 Å². The molecule has 2 unspecified atom stereocenters. The summed E-state index contributed by atoms with van der Waals surface area (Å²) in [5.41, 5.74) is 3.51. The van der Waals surface area contributed by atoms with Gasteiger partial charge in [0.05, 0.1) is 4.92 Å². The van der Waals surface area contributed by atoms with Crippen LogP contribution < -0.4 is 5.32 Å². The Hall–Kier alpha value is -3.82. The molecule has 0 radical (unpaired) electrons. The number of nitro groups is 1. The lowest BCUT2D eigenvalue weighted by atomic mass is 9.98. The molecule has 0 heterocycles. The van der Waals surface area contributed by atoms with E-state index in [2.05, 4.69) is 5.32 Å². The van der Waals surface area contributed by atoms with Crippen LogP contribution in [-0.4, -0.2) is 40.5 Å². The summed E-state index contributed by atoms with van der Waals surface area (Å²) < 4.78 is 19.1. The van der Waals surface area contributed by atoms with Gasteiger partial charge in [0.2, 0.25) is 5.82 Å². The highest BCUT2D eigenvalue weighted by molar-refractivity contribution is 5.79. The molecule has 1 aliphatic carbocycles. The van der Waals surface area contributed by atoms with E-state index in [9.17, 15) is 29.5 Å². The number of carbonyl (C=O) groups is 1. The molecule has 33 heavy (non-hydrogen) atoms. The van der Waals surface area contributed by atoms with Crippen LogP contribution in [0.25, 0.3) is 11.1 Å². The maximum Gasteiger partial charge on any atom is 0.407 e. The molecule has 8 nitrogen and oxygen atoms in total. The number of nitro benzene ring substituents is 1. The van der Waals surface area contributed by atoms with E-state index < -0.39 is 34.7 Å². The summed E-state index contributed by atoms with van der Waals surface area (Å²) in [6, 6.07) is 18.6. The van der Waals surface area contributed by atoms with E-state index in [4.69, 9.17) is 4.74 Å². The summed E-state index contributed by atoms with van der Waals surface area (Å²) >= 11 is 0. The lowest BCUT2D eigenvalue weighted by Gasteiger charge is -2.19. The van der Waals surface area contributed by atoms with Crippen molar-refractivity contribution >= 4 is 11.8 Å². The molecule has 170 valence electrons. The van der Waals surface area contributed by atoms with Gasteiger partial charge in [0.25, 0.3) is 0 Å². The minimum Gasteiger partial charge on any atom is -0.449 e. The van der Waals surface area contributed by atoms with Crippen LogP contribution in [0.15, 0.2) is 66.7 Å². The SMILES string of the molecule is O=C(NCC(O)C(O)c1ccc([N+](=O)[O-])c(F)c1)OCC1c2ccccc2-c2ccccc21. The van der Waals surface area contributed by atoms with Gasteiger partial charge in [-0.05, 0) is 39.9 Å². The Kier molecular flexibility index (Phi) is 6.34. The number of rotatable bonds is 7. The van der Waals surface area contributed by atoms with Crippen molar-refractivity contribution in [3.63, 3.8) is 0 Å². The zero-order chi connectivity index (χ0) is 23.5. The highest BCUT2D eigenvalue weighted by Crippen LogP contribution is 2.44. The molecule has 0 saturated heterocycles. The number of fused-ring (bicyclic) bond motifs is 3. The Bertz CT molecular complexity index is 1160. The number of carbonyl (C=O) groups excluding carboxylic acids is 1. The van der Waals surface area contributed by atoms with Crippen molar-refractivity contribution in [3.05, 3.63) is 99.4 Å². The van der Waals surface area contributed by atoms with Gasteiger partial charge in [-0.15, -0.1) is 0 Å². The van der Waals surface area contributed by atoms with E-state index in [0.29, 0.717) is 0 Å². The van der Waals surface area contributed by atoms with E-state index in [-0.39, 0.29) is 24.6 Å². The van der Waals surface area contributed by atoms with Crippen LogP contribution >= 0.6 is 0 Å². The van der Waals surface area contributed by atoms with Gasteiger partial charge in [0, 0.05) is 18.5 Å². The predicted molar refractivity (Wildman–Crippen MR) is 117 cm³/mol. The van der Waals surface area contributed by atoms with Gasteiger partial charge in [-0.2, -0.15) is 4.39 Å². The molecular formula is C24H21FN2O6. The number of halogens is 1. The second-order valence-corrected chi connectivity index (χ2v) is 7.69. The number of ether oxygens (including phenoxy) is 1. The quantitative estimate of drug-likeness (QED) is 0.371. The number of aliphatic hydroxyl groups is 2. The summed E-state index contributed by atoms with van der Waals surface area (Å²) in [6.07, 6.45) is -3.82. The van der Waals surface area contributed by atoms with Gasteiger partial charge in [0.1, 0.15) is 18.8 Å². The van der Waals surface area contributed by atoms with Crippen molar-refractivity contribution < 1.29 is 29.1 Å². The van der Waals surface area contributed by atoms with E-state index in [1.54, 1.807) is 0 Å². The third kappa shape index (κ3) is 4.55.